The molecule has 1 amide bonds. The summed E-state index contributed by atoms with van der Waals surface area (Å²) in [5.74, 6) is -0.283. The second-order valence-electron chi connectivity index (χ2n) is 4.02. The van der Waals surface area contributed by atoms with E-state index in [1.54, 1.807) is 6.20 Å². The highest BCUT2D eigenvalue weighted by Crippen LogP contribution is 2.06. The molecule has 0 aliphatic rings. The zero-order chi connectivity index (χ0) is 12.1. The third-order valence-electron chi connectivity index (χ3n) is 2.14. The van der Waals surface area contributed by atoms with Crippen molar-refractivity contribution < 1.29 is 4.79 Å². The molecule has 0 fully saturated rings. The van der Waals surface area contributed by atoms with Gasteiger partial charge in [0.1, 0.15) is 0 Å². The number of aromatic nitrogens is 2. The standard InChI is InChI=1S/C10H17BrN4O/c1-7(3-10(12)16)14-8(2)5-15-6-9(11)4-13-15/h4,6-8,14H,3,5H2,1-2H3,(H2,12,16). The van der Waals surface area contributed by atoms with E-state index in [0.717, 1.165) is 11.0 Å². The summed E-state index contributed by atoms with van der Waals surface area (Å²) in [6.07, 6.45) is 4.02. The molecule has 0 bridgehead atoms. The van der Waals surface area contributed by atoms with Gasteiger partial charge in [-0.05, 0) is 29.8 Å². The zero-order valence-electron chi connectivity index (χ0n) is 9.48. The first-order valence-corrected chi connectivity index (χ1v) is 5.99. The summed E-state index contributed by atoms with van der Waals surface area (Å²) in [6, 6.07) is 0.327. The van der Waals surface area contributed by atoms with E-state index in [4.69, 9.17) is 5.73 Å². The third kappa shape index (κ3) is 4.76. The monoisotopic (exact) mass is 288 g/mol. The zero-order valence-corrected chi connectivity index (χ0v) is 11.1. The van der Waals surface area contributed by atoms with Crippen LogP contribution in [0.4, 0.5) is 0 Å². The van der Waals surface area contributed by atoms with Gasteiger partial charge in [0, 0.05) is 24.7 Å². The maximum atomic E-state index is 10.7. The van der Waals surface area contributed by atoms with Crippen LogP contribution in [0.15, 0.2) is 16.9 Å². The molecular weight excluding hydrogens is 272 g/mol. The van der Waals surface area contributed by atoms with Crippen molar-refractivity contribution >= 4 is 21.8 Å². The number of nitrogens with two attached hydrogens (primary N) is 1. The van der Waals surface area contributed by atoms with Gasteiger partial charge in [0.15, 0.2) is 0 Å². The second kappa shape index (κ2) is 6.00. The second-order valence-corrected chi connectivity index (χ2v) is 4.94. The van der Waals surface area contributed by atoms with Crippen LogP contribution < -0.4 is 11.1 Å². The molecule has 0 saturated heterocycles. The van der Waals surface area contributed by atoms with Gasteiger partial charge in [-0.1, -0.05) is 0 Å². The highest BCUT2D eigenvalue weighted by Gasteiger charge is 2.10. The van der Waals surface area contributed by atoms with Crippen molar-refractivity contribution in [3.63, 3.8) is 0 Å². The third-order valence-corrected chi connectivity index (χ3v) is 2.55. The molecule has 16 heavy (non-hydrogen) atoms. The minimum absolute atomic E-state index is 0.0894. The average molecular weight is 289 g/mol. The van der Waals surface area contributed by atoms with E-state index in [0.29, 0.717) is 6.42 Å². The van der Waals surface area contributed by atoms with Crippen LogP contribution in [0.3, 0.4) is 0 Å². The van der Waals surface area contributed by atoms with Crippen molar-refractivity contribution in [1.29, 1.82) is 0 Å². The molecule has 90 valence electrons. The van der Waals surface area contributed by atoms with Crippen LogP contribution in [0.5, 0.6) is 0 Å². The van der Waals surface area contributed by atoms with Crippen molar-refractivity contribution in [2.75, 3.05) is 0 Å². The van der Waals surface area contributed by atoms with Crippen LogP contribution in [-0.4, -0.2) is 27.8 Å². The van der Waals surface area contributed by atoms with Gasteiger partial charge >= 0.3 is 0 Å². The highest BCUT2D eigenvalue weighted by atomic mass is 79.9. The Kier molecular flexibility index (Phi) is 4.95. The van der Waals surface area contributed by atoms with Crippen LogP contribution >= 0.6 is 15.9 Å². The fourth-order valence-corrected chi connectivity index (χ4v) is 1.95. The lowest BCUT2D eigenvalue weighted by molar-refractivity contribution is -0.118. The quantitative estimate of drug-likeness (QED) is 0.816. The Balaban J connectivity index is 2.35. The Morgan fingerprint density at radius 3 is 2.81 bits per heavy atom. The normalized spacial score (nSPS) is 14.7. The molecular formula is C10H17BrN4O. The van der Waals surface area contributed by atoms with Gasteiger partial charge in [0.05, 0.1) is 17.2 Å². The first-order valence-electron chi connectivity index (χ1n) is 5.19. The number of hydrogen-bond acceptors (Lipinski definition) is 3. The lowest BCUT2D eigenvalue weighted by Crippen LogP contribution is -2.39. The molecule has 0 saturated carbocycles. The minimum Gasteiger partial charge on any atom is -0.370 e. The maximum Gasteiger partial charge on any atom is 0.218 e. The maximum absolute atomic E-state index is 10.7. The van der Waals surface area contributed by atoms with Crippen LogP contribution in [0, 0.1) is 0 Å². The molecule has 0 aliphatic carbocycles. The van der Waals surface area contributed by atoms with Gasteiger partial charge in [-0.15, -0.1) is 0 Å². The Bertz CT molecular complexity index is 352. The summed E-state index contributed by atoms with van der Waals surface area (Å²) in [5.41, 5.74) is 5.12. The van der Waals surface area contributed by atoms with Gasteiger partial charge in [-0.3, -0.25) is 9.48 Å². The van der Waals surface area contributed by atoms with Crippen LogP contribution in [0.25, 0.3) is 0 Å². The Labute approximate surface area is 104 Å². The summed E-state index contributed by atoms with van der Waals surface area (Å²) in [7, 11) is 0. The molecule has 0 spiro atoms. The number of nitrogens with zero attached hydrogens (tertiary/aromatic N) is 2. The smallest absolute Gasteiger partial charge is 0.218 e. The fourth-order valence-electron chi connectivity index (χ4n) is 1.62. The summed E-state index contributed by atoms with van der Waals surface area (Å²) in [5, 5.41) is 7.45. The van der Waals surface area contributed by atoms with Gasteiger partial charge in [0.2, 0.25) is 5.91 Å². The Hall–Kier alpha value is -0.880. The molecule has 1 heterocycles. The molecule has 2 atom stereocenters. The van der Waals surface area contributed by atoms with Crippen molar-refractivity contribution in [2.45, 2.75) is 38.9 Å². The van der Waals surface area contributed by atoms with E-state index in [2.05, 4.69) is 26.3 Å². The number of rotatable bonds is 6. The lowest BCUT2D eigenvalue weighted by atomic mass is 10.2. The molecule has 0 aromatic carbocycles. The predicted octanol–water partition coefficient (Wildman–Crippen LogP) is 0.888. The Morgan fingerprint density at radius 1 is 1.62 bits per heavy atom. The number of carbonyl (C=O) groups is 1. The van der Waals surface area contributed by atoms with Crippen LogP contribution in [0.1, 0.15) is 20.3 Å². The topological polar surface area (TPSA) is 72.9 Å². The Morgan fingerprint density at radius 2 is 2.31 bits per heavy atom. The first-order chi connectivity index (χ1) is 7.47. The predicted molar refractivity (Wildman–Crippen MR) is 65.8 cm³/mol. The number of carbonyl (C=O) groups excluding carboxylic acids is 1. The largest absolute Gasteiger partial charge is 0.370 e. The summed E-state index contributed by atoms with van der Waals surface area (Å²) in [4.78, 5) is 10.7. The van der Waals surface area contributed by atoms with Crippen molar-refractivity contribution in [2.24, 2.45) is 5.73 Å². The van der Waals surface area contributed by atoms with Gasteiger partial charge in [-0.25, -0.2) is 0 Å². The summed E-state index contributed by atoms with van der Waals surface area (Å²) >= 11 is 3.34. The molecule has 5 nitrogen and oxygen atoms in total. The molecule has 1 rings (SSSR count). The van der Waals surface area contributed by atoms with E-state index in [-0.39, 0.29) is 18.0 Å². The number of hydrogen-bond donors (Lipinski definition) is 2. The SMILES string of the molecule is CC(CC(N)=O)NC(C)Cn1cc(Br)cn1. The number of amides is 1. The molecule has 0 radical (unpaired) electrons. The molecule has 3 N–H and O–H groups in total. The summed E-state index contributed by atoms with van der Waals surface area (Å²) < 4.78 is 2.81. The lowest BCUT2D eigenvalue weighted by Gasteiger charge is -2.18. The number of halogens is 1. The van der Waals surface area contributed by atoms with Gasteiger partial charge in [0.25, 0.3) is 0 Å². The number of nitrogens with one attached hydrogen (secondary N) is 1. The van der Waals surface area contributed by atoms with Crippen molar-refractivity contribution in [3.8, 4) is 0 Å². The molecule has 1 aromatic rings. The molecule has 1 aromatic heterocycles. The summed E-state index contributed by atoms with van der Waals surface area (Å²) in [6.45, 7) is 4.75. The molecule has 0 aliphatic heterocycles. The highest BCUT2D eigenvalue weighted by molar-refractivity contribution is 9.10. The van der Waals surface area contributed by atoms with E-state index in [1.807, 2.05) is 24.7 Å². The average Bonchev–Trinajstić information content (AvgIpc) is 2.48. The van der Waals surface area contributed by atoms with Crippen molar-refractivity contribution in [1.82, 2.24) is 15.1 Å². The van der Waals surface area contributed by atoms with Gasteiger partial charge in [-0.2, -0.15) is 5.10 Å². The van der Waals surface area contributed by atoms with E-state index in [1.165, 1.54) is 0 Å². The van der Waals surface area contributed by atoms with Crippen LogP contribution in [-0.2, 0) is 11.3 Å². The van der Waals surface area contributed by atoms with E-state index >= 15 is 0 Å². The molecule has 6 heteroatoms. The molecule has 2 unspecified atom stereocenters. The number of primary amides is 1. The van der Waals surface area contributed by atoms with Gasteiger partial charge < -0.3 is 11.1 Å². The van der Waals surface area contributed by atoms with E-state index < -0.39 is 0 Å². The fraction of sp³-hybridized carbons (Fsp3) is 0.600. The van der Waals surface area contributed by atoms with Crippen LogP contribution in [0.2, 0.25) is 0 Å². The van der Waals surface area contributed by atoms with Crippen molar-refractivity contribution in [3.05, 3.63) is 16.9 Å². The minimum atomic E-state index is -0.283. The first kappa shape index (κ1) is 13.2. The van der Waals surface area contributed by atoms with E-state index in [9.17, 15) is 4.79 Å².